The largest absolute Gasteiger partial charge is 0.345 e. The normalized spacial score (nSPS) is 26.6. The highest BCUT2D eigenvalue weighted by Crippen LogP contribution is 2.38. The summed E-state index contributed by atoms with van der Waals surface area (Å²) in [6.45, 7) is 4.96. The van der Waals surface area contributed by atoms with Gasteiger partial charge in [-0.25, -0.2) is 0 Å². The van der Waals surface area contributed by atoms with Crippen molar-refractivity contribution in [1.29, 1.82) is 0 Å². The van der Waals surface area contributed by atoms with Crippen LogP contribution in [0.3, 0.4) is 0 Å². The summed E-state index contributed by atoms with van der Waals surface area (Å²) in [6.07, 6.45) is 3.00. The summed E-state index contributed by atoms with van der Waals surface area (Å²) in [5.74, 6) is 0. The Kier molecular flexibility index (Phi) is 3.37. The molecule has 0 aromatic heterocycles. The zero-order valence-corrected chi connectivity index (χ0v) is 10.9. The average molecular weight is 247 g/mol. The van der Waals surface area contributed by atoms with Crippen molar-refractivity contribution < 1.29 is 9.47 Å². The van der Waals surface area contributed by atoms with Gasteiger partial charge >= 0.3 is 0 Å². The highest BCUT2D eigenvalue weighted by Gasteiger charge is 2.42. The van der Waals surface area contributed by atoms with Crippen LogP contribution in [0.4, 0.5) is 0 Å². The maximum absolute atomic E-state index is 6.19. The molecule has 1 aromatic rings. The van der Waals surface area contributed by atoms with E-state index in [2.05, 4.69) is 36.5 Å². The van der Waals surface area contributed by atoms with E-state index in [0.29, 0.717) is 0 Å². The zero-order chi connectivity index (χ0) is 12.4. The maximum atomic E-state index is 6.19. The van der Waals surface area contributed by atoms with Gasteiger partial charge in [0.15, 0.2) is 6.29 Å². The van der Waals surface area contributed by atoms with Gasteiger partial charge in [0, 0.05) is 5.56 Å². The molecule has 3 rings (SSSR count). The van der Waals surface area contributed by atoms with Crippen LogP contribution in [0, 0.1) is 0 Å². The number of aryl methyl sites for hydroxylation is 1. The number of hydrogen-bond acceptors (Lipinski definition) is 3. The summed E-state index contributed by atoms with van der Waals surface area (Å²) < 4.78 is 12.0. The Morgan fingerprint density at radius 3 is 2.61 bits per heavy atom. The number of benzene rings is 1. The van der Waals surface area contributed by atoms with Crippen molar-refractivity contribution in [3.05, 3.63) is 35.4 Å². The fraction of sp³-hybridized carbons (Fsp3) is 0.600. The van der Waals surface area contributed by atoms with E-state index in [0.717, 1.165) is 44.5 Å². The van der Waals surface area contributed by atoms with Crippen molar-refractivity contribution in [3.63, 3.8) is 0 Å². The number of hydrogen-bond donors (Lipinski definition) is 1. The first kappa shape index (κ1) is 12.2. The van der Waals surface area contributed by atoms with E-state index in [1.165, 1.54) is 5.56 Å². The Morgan fingerprint density at radius 1 is 1.22 bits per heavy atom. The molecule has 3 nitrogen and oxygen atoms in total. The smallest absolute Gasteiger partial charge is 0.184 e. The molecule has 0 aliphatic carbocycles. The Labute approximate surface area is 108 Å². The third kappa shape index (κ3) is 2.30. The molecule has 98 valence electrons. The van der Waals surface area contributed by atoms with E-state index in [1.807, 2.05) is 0 Å². The fourth-order valence-corrected chi connectivity index (χ4v) is 2.74. The number of rotatable bonds is 2. The standard InChI is InChI=1S/C15H21NO2/c1-2-12-3-5-13(6-4-12)14-17-11-15(18-14)7-9-16-10-8-15/h3-6,14,16H,2,7-11H2,1H3. The predicted molar refractivity (Wildman–Crippen MR) is 70.4 cm³/mol. The summed E-state index contributed by atoms with van der Waals surface area (Å²) in [7, 11) is 0. The minimum absolute atomic E-state index is 0.0423. The Morgan fingerprint density at radius 2 is 1.94 bits per heavy atom. The molecular formula is C15H21NO2. The first-order chi connectivity index (χ1) is 8.81. The van der Waals surface area contributed by atoms with E-state index in [1.54, 1.807) is 0 Å². The van der Waals surface area contributed by atoms with Crippen molar-refractivity contribution in [1.82, 2.24) is 5.32 Å². The fourth-order valence-electron chi connectivity index (χ4n) is 2.74. The van der Waals surface area contributed by atoms with Gasteiger partial charge in [-0.15, -0.1) is 0 Å². The van der Waals surface area contributed by atoms with Crippen LogP contribution in [0.1, 0.15) is 37.2 Å². The molecule has 0 saturated carbocycles. The Hall–Kier alpha value is -0.900. The molecule has 2 aliphatic heterocycles. The van der Waals surface area contributed by atoms with Gasteiger partial charge in [0.25, 0.3) is 0 Å². The second-order valence-electron chi connectivity index (χ2n) is 5.29. The van der Waals surface area contributed by atoms with Crippen LogP contribution in [0.25, 0.3) is 0 Å². The molecule has 2 saturated heterocycles. The molecule has 18 heavy (non-hydrogen) atoms. The van der Waals surface area contributed by atoms with E-state index in [-0.39, 0.29) is 11.9 Å². The van der Waals surface area contributed by atoms with Gasteiger partial charge in [-0.1, -0.05) is 31.2 Å². The lowest BCUT2D eigenvalue weighted by Crippen LogP contribution is -2.43. The molecule has 1 unspecified atom stereocenters. The van der Waals surface area contributed by atoms with Crippen LogP contribution in [-0.2, 0) is 15.9 Å². The third-order valence-corrected chi connectivity index (χ3v) is 4.03. The monoisotopic (exact) mass is 247 g/mol. The Balaban J connectivity index is 1.70. The van der Waals surface area contributed by atoms with Crippen molar-refractivity contribution in [2.75, 3.05) is 19.7 Å². The molecule has 2 heterocycles. The molecule has 0 amide bonds. The van der Waals surface area contributed by atoms with Gasteiger partial charge in [0.05, 0.1) is 12.2 Å². The minimum Gasteiger partial charge on any atom is -0.345 e. The van der Waals surface area contributed by atoms with Crippen LogP contribution in [0.2, 0.25) is 0 Å². The molecule has 1 N–H and O–H groups in total. The lowest BCUT2D eigenvalue weighted by Gasteiger charge is -2.31. The van der Waals surface area contributed by atoms with Gasteiger partial charge in [0.2, 0.25) is 0 Å². The molecule has 1 spiro atoms. The summed E-state index contributed by atoms with van der Waals surface area (Å²) in [5, 5.41) is 3.37. The van der Waals surface area contributed by atoms with Crippen molar-refractivity contribution in [3.8, 4) is 0 Å². The van der Waals surface area contributed by atoms with Crippen LogP contribution in [0.5, 0.6) is 0 Å². The van der Waals surface area contributed by atoms with Gasteiger partial charge in [-0.2, -0.15) is 0 Å². The van der Waals surface area contributed by atoms with Crippen molar-refractivity contribution in [2.45, 2.75) is 38.1 Å². The molecule has 1 aromatic carbocycles. The average Bonchev–Trinajstić information content (AvgIpc) is 2.83. The lowest BCUT2D eigenvalue weighted by atomic mass is 9.94. The van der Waals surface area contributed by atoms with E-state index < -0.39 is 0 Å². The first-order valence-corrected chi connectivity index (χ1v) is 6.90. The third-order valence-electron chi connectivity index (χ3n) is 4.03. The molecule has 2 fully saturated rings. The van der Waals surface area contributed by atoms with Crippen LogP contribution >= 0.6 is 0 Å². The molecule has 0 bridgehead atoms. The number of nitrogens with one attached hydrogen (secondary N) is 1. The van der Waals surface area contributed by atoms with Gasteiger partial charge in [0.1, 0.15) is 0 Å². The SMILES string of the molecule is CCc1ccc(C2OCC3(CCNCC3)O2)cc1. The summed E-state index contributed by atoms with van der Waals surface area (Å²) in [5.41, 5.74) is 2.45. The maximum Gasteiger partial charge on any atom is 0.184 e. The predicted octanol–water partition coefficient (Wildman–Crippen LogP) is 2.42. The van der Waals surface area contributed by atoms with Gasteiger partial charge < -0.3 is 14.8 Å². The quantitative estimate of drug-likeness (QED) is 0.870. The zero-order valence-electron chi connectivity index (χ0n) is 10.9. The Bertz CT molecular complexity index is 395. The second kappa shape index (κ2) is 5.00. The van der Waals surface area contributed by atoms with Gasteiger partial charge in [-0.05, 0) is 37.9 Å². The minimum atomic E-state index is -0.172. The van der Waals surface area contributed by atoms with Gasteiger partial charge in [-0.3, -0.25) is 0 Å². The first-order valence-electron chi connectivity index (χ1n) is 6.90. The van der Waals surface area contributed by atoms with E-state index in [9.17, 15) is 0 Å². The summed E-state index contributed by atoms with van der Waals surface area (Å²) in [6, 6.07) is 8.58. The highest BCUT2D eigenvalue weighted by atomic mass is 16.7. The van der Waals surface area contributed by atoms with Crippen molar-refractivity contribution >= 4 is 0 Å². The lowest BCUT2D eigenvalue weighted by molar-refractivity contribution is -0.101. The van der Waals surface area contributed by atoms with E-state index >= 15 is 0 Å². The van der Waals surface area contributed by atoms with Crippen molar-refractivity contribution in [2.24, 2.45) is 0 Å². The molecule has 1 atom stereocenters. The second-order valence-corrected chi connectivity index (χ2v) is 5.29. The highest BCUT2D eigenvalue weighted by molar-refractivity contribution is 5.24. The molecule has 3 heteroatoms. The molecular weight excluding hydrogens is 226 g/mol. The van der Waals surface area contributed by atoms with Crippen LogP contribution in [0.15, 0.2) is 24.3 Å². The number of ether oxygens (including phenoxy) is 2. The summed E-state index contributed by atoms with van der Waals surface area (Å²) >= 11 is 0. The van der Waals surface area contributed by atoms with E-state index in [4.69, 9.17) is 9.47 Å². The summed E-state index contributed by atoms with van der Waals surface area (Å²) in [4.78, 5) is 0. The van der Waals surface area contributed by atoms with Crippen LogP contribution < -0.4 is 5.32 Å². The molecule has 0 radical (unpaired) electrons. The topological polar surface area (TPSA) is 30.5 Å². The molecule has 2 aliphatic rings. The van der Waals surface area contributed by atoms with Crippen LogP contribution in [-0.4, -0.2) is 25.3 Å². The number of piperidine rings is 1.